The average Bonchev–Trinajstić information content (AvgIpc) is 2.97. The highest BCUT2D eigenvalue weighted by Crippen LogP contribution is 2.36. The smallest absolute Gasteiger partial charge is 0.410 e. The minimum Gasteiger partial charge on any atom is -0.444 e. The molecule has 1 atom stereocenters. The van der Waals surface area contributed by atoms with Gasteiger partial charge >= 0.3 is 11.8 Å². The monoisotopic (exact) mass is 654 g/mol. The zero-order valence-electron chi connectivity index (χ0n) is 26.6. The summed E-state index contributed by atoms with van der Waals surface area (Å²) in [5.74, 6) is -1.63. The fourth-order valence-corrected chi connectivity index (χ4v) is 5.96. The SMILES string of the molecule is CC(C)c1nccc(CCO)c1-n1c(=O)nc(N2CCN(C(=O)OC(C)(C)C)CC2C)c2cc(F)c(-c3c(F)cccc3Cl)nc21. The Hall–Kier alpha value is -4.16. The molecule has 3 aromatic heterocycles. The topological polar surface area (TPSA) is 114 Å². The Kier molecular flexibility index (Phi) is 9.33. The Morgan fingerprint density at radius 2 is 1.89 bits per heavy atom. The number of nitrogens with zero attached hydrogens (tertiary/aromatic N) is 6. The van der Waals surface area contributed by atoms with E-state index in [4.69, 9.17) is 16.3 Å². The first-order valence-corrected chi connectivity index (χ1v) is 15.5. The highest BCUT2D eigenvalue weighted by Gasteiger charge is 2.33. The van der Waals surface area contributed by atoms with Gasteiger partial charge in [0, 0.05) is 38.5 Å². The first-order chi connectivity index (χ1) is 21.7. The van der Waals surface area contributed by atoms with E-state index in [0.29, 0.717) is 16.9 Å². The molecule has 0 saturated carbocycles. The van der Waals surface area contributed by atoms with Gasteiger partial charge in [-0.1, -0.05) is 31.5 Å². The molecule has 1 saturated heterocycles. The van der Waals surface area contributed by atoms with Gasteiger partial charge in [-0.3, -0.25) is 4.98 Å². The lowest BCUT2D eigenvalue weighted by molar-refractivity contribution is 0.0218. The van der Waals surface area contributed by atoms with Gasteiger partial charge in [-0.2, -0.15) is 4.98 Å². The summed E-state index contributed by atoms with van der Waals surface area (Å²) in [7, 11) is 0. The van der Waals surface area contributed by atoms with Gasteiger partial charge in [0.15, 0.2) is 11.5 Å². The summed E-state index contributed by atoms with van der Waals surface area (Å²) in [4.78, 5) is 44.0. The minimum absolute atomic E-state index is 0.0154. The quantitative estimate of drug-likeness (QED) is 0.274. The van der Waals surface area contributed by atoms with Crippen molar-refractivity contribution in [2.24, 2.45) is 0 Å². The molecule has 1 fully saturated rings. The minimum atomic E-state index is -0.862. The third-order valence-electron chi connectivity index (χ3n) is 7.74. The highest BCUT2D eigenvalue weighted by molar-refractivity contribution is 6.33. The number of amides is 1. The summed E-state index contributed by atoms with van der Waals surface area (Å²) in [5, 5.41) is 10.0. The van der Waals surface area contributed by atoms with Crippen molar-refractivity contribution >= 4 is 34.5 Å². The van der Waals surface area contributed by atoms with Gasteiger partial charge in [0.05, 0.1) is 27.4 Å². The normalized spacial score (nSPS) is 15.6. The number of pyridine rings is 2. The van der Waals surface area contributed by atoms with Gasteiger partial charge in [0.25, 0.3) is 0 Å². The molecule has 1 N–H and O–H groups in total. The van der Waals surface area contributed by atoms with Crippen molar-refractivity contribution < 1.29 is 23.4 Å². The van der Waals surface area contributed by atoms with Crippen LogP contribution in [-0.4, -0.2) is 73.5 Å². The van der Waals surface area contributed by atoms with Crippen molar-refractivity contribution in [2.45, 2.75) is 65.5 Å². The van der Waals surface area contributed by atoms with Gasteiger partial charge < -0.3 is 19.6 Å². The summed E-state index contributed by atoms with van der Waals surface area (Å²) < 4.78 is 38.0. The van der Waals surface area contributed by atoms with E-state index in [9.17, 15) is 14.7 Å². The third kappa shape index (κ3) is 6.41. The molecule has 46 heavy (non-hydrogen) atoms. The number of fused-ring (bicyclic) bond motifs is 1. The zero-order valence-corrected chi connectivity index (χ0v) is 27.4. The number of aromatic nitrogens is 4. The molecule has 0 radical (unpaired) electrons. The number of aliphatic hydroxyl groups excluding tert-OH is 1. The van der Waals surface area contributed by atoms with E-state index < -0.39 is 29.0 Å². The predicted octanol–water partition coefficient (Wildman–Crippen LogP) is 5.88. The van der Waals surface area contributed by atoms with E-state index >= 15 is 8.78 Å². The lowest BCUT2D eigenvalue weighted by atomic mass is 10.0. The van der Waals surface area contributed by atoms with Gasteiger partial charge in [-0.05, 0) is 69.9 Å². The molecule has 1 aliphatic rings. The van der Waals surface area contributed by atoms with E-state index in [1.54, 1.807) is 37.9 Å². The van der Waals surface area contributed by atoms with Crippen LogP contribution < -0.4 is 10.6 Å². The average molecular weight is 655 g/mol. The molecule has 5 rings (SSSR count). The molecule has 1 aliphatic heterocycles. The summed E-state index contributed by atoms with van der Waals surface area (Å²) in [6.45, 7) is 11.7. The lowest BCUT2D eigenvalue weighted by Crippen LogP contribution is -2.55. The molecule has 1 amide bonds. The zero-order chi connectivity index (χ0) is 33.5. The van der Waals surface area contributed by atoms with Crippen LogP contribution in [0.2, 0.25) is 5.02 Å². The second kappa shape index (κ2) is 12.9. The number of ether oxygens (including phenoxy) is 1. The molecule has 0 aliphatic carbocycles. The standard InChI is InChI=1S/C33H37ClF2N6O4/c1-18(2)26-28(20(11-15-43)10-12-37-26)42-30-21(16-24(36)27(38-30)25-22(34)8-7-9-23(25)35)29(39-31(42)44)41-14-13-40(17-19(41)3)32(45)46-33(4,5)6/h7-10,12,16,18-19,43H,11,13-15,17H2,1-6H3. The predicted molar refractivity (Wildman–Crippen MR) is 173 cm³/mol. The molecule has 13 heteroatoms. The molecule has 1 aromatic carbocycles. The van der Waals surface area contributed by atoms with E-state index in [-0.39, 0.29) is 77.8 Å². The number of carbonyl (C=O) groups excluding carboxylic acids is 1. The second-order valence-electron chi connectivity index (χ2n) is 12.6. The van der Waals surface area contributed by atoms with Crippen LogP contribution in [0.15, 0.2) is 41.3 Å². The highest BCUT2D eigenvalue weighted by atomic mass is 35.5. The van der Waals surface area contributed by atoms with Crippen molar-refractivity contribution in [2.75, 3.05) is 31.1 Å². The van der Waals surface area contributed by atoms with Gasteiger partial charge in [0.1, 0.15) is 22.9 Å². The van der Waals surface area contributed by atoms with Crippen molar-refractivity contribution in [3.63, 3.8) is 0 Å². The van der Waals surface area contributed by atoms with Crippen molar-refractivity contribution in [1.29, 1.82) is 0 Å². The number of anilines is 1. The van der Waals surface area contributed by atoms with E-state index in [1.807, 2.05) is 25.7 Å². The fraction of sp³-hybridized carbons (Fsp3) is 0.424. The van der Waals surface area contributed by atoms with Crippen LogP contribution in [-0.2, 0) is 11.2 Å². The maximum absolute atomic E-state index is 16.0. The van der Waals surface area contributed by atoms with Crippen LogP contribution in [0.3, 0.4) is 0 Å². The van der Waals surface area contributed by atoms with E-state index in [2.05, 4.69) is 15.0 Å². The summed E-state index contributed by atoms with van der Waals surface area (Å²) in [5.41, 5.74) is -0.473. The number of benzene rings is 1. The molecule has 4 heterocycles. The number of aliphatic hydroxyl groups is 1. The summed E-state index contributed by atoms with van der Waals surface area (Å²) in [6, 6.07) is 6.52. The third-order valence-corrected chi connectivity index (χ3v) is 8.05. The van der Waals surface area contributed by atoms with Crippen LogP contribution in [0, 0.1) is 11.6 Å². The van der Waals surface area contributed by atoms with Gasteiger partial charge in [0.2, 0.25) is 0 Å². The first kappa shape index (κ1) is 33.2. The van der Waals surface area contributed by atoms with Crippen LogP contribution in [0.1, 0.15) is 58.7 Å². The van der Waals surface area contributed by atoms with Crippen molar-refractivity contribution in [1.82, 2.24) is 24.4 Å². The number of halogens is 3. The van der Waals surface area contributed by atoms with E-state index in [1.165, 1.54) is 22.8 Å². The number of rotatable bonds is 6. The first-order valence-electron chi connectivity index (χ1n) is 15.1. The maximum Gasteiger partial charge on any atom is 0.410 e. The Bertz CT molecular complexity index is 1840. The maximum atomic E-state index is 16.0. The Morgan fingerprint density at radius 1 is 1.15 bits per heavy atom. The molecular formula is C33H37ClF2N6O4. The largest absolute Gasteiger partial charge is 0.444 e. The Morgan fingerprint density at radius 3 is 2.52 bits per heavy atom. The summed E-state index contributed by atoms with van der Waals surface area (Å²) >= 11 is 6.34. The molecule has 244 valence electrons. The molecule has 0 spiro atoms. The van der Waals surface area contributed by atoms with Crippen molar-refractivity contribution in [3.05, 3.63) is 74.9 Å². The molecule has 0 bridgehead atoms. The number of hydrogen-bond donors (Lipinski definition) is 1. The van der Waals surface area contributed by atoms with Crippen LogP contribution in [0.5, 0.6) is 0 Å². The Balaban J connectivity index is 1.77. The number of carbonyl (C=O) groups is 1. The Labute approximate surface area is 270 Å². The van der Waals surface area contributed by atoms with Crippen LogP contribution >= 0.6 is 11.6 Å². The second-order valence-corrected chi connectivity index (χ2v) is 13.0. The van der Waals surface area contributed by atoms with E-state index in [0.717, 1.165) is 6.07 Å². The molecule has 1 unspecified atom stereocenters. The molecule has 4 aromatic rings. The fourth-order valence-electron chi connectivity index (χ4n) is 5.70. The summed E-state index contributed by atoms with van der Waals surface area (Å²) in [6.07, 6.45) is 1.34. The van der Waals surface area contributed by atoms with Crippen LogP contribution in [0.4, 0.5) is 19.4 Å². The molecule has 10 nitrogen and oxygen atoms in total. The number of hydrogen-bond acceptors (Lipinski definition) is 8. The van der Waals surface area contributed by atoms with Gasteiger partial charge in [-0.15, -0.1) is 0 Å². The lowest BCUT2D eigenvalue weighted by Gasteiger charge is -2.41. The van der Waals surface area contributed by atoms with Crippen LogP contribution in [0.25, 0.3) is 28.0 Å². The van der Waals surface area contributed by atoms with Gasteiger partial charge in [-0.25, -0.2) is 27.9 Å². The number of piperazine rings is 1. The van der Waals surface area contributed by atoms with Crippen molar-refractivity contribution in [3.8, 4) is 16.9 Å². The molecular weight excluding hydrogens is 618 g/mol.